The minimum Gasteiger partial charge on any atom is -0.480 e. The van der Waals surface area contributed by atoms with Crippen LogP contribution in [0.15, 0.2) is 48.5 Å². The summed E-state index contributed by atoms with van der Waals surface area (Å²) in [6, 6.07) is 14.0. The van der Waals surface area contributed by atoms with Crippen molar-refractivity contribution in [3.63, 3.8) is 0 Å². The van der Waals surface area contributed by atoms with Gasteiger partial charge in [0.15, 0.2) is 0 Å². The molecule has 7 heteroatoms. The quantitative estimate of drug-likeness (QED) is 0.509. The van der Waals surface area contributed by atoms with Gasteiger partial charge in [-0.25, -0.2) is 0 Å². The number of nitrogens with one attached hydrogen (secondary N) is 1. The smallest absolute Gasteiger partial charge is 0.323 e. The number of carboxylic acids is 1. The van der Waals surface area contributed by atoms with Gasteiger partial charge in [-0.05, 0) is 74.8 Å². The summed E-state index contributed by atoms with van der Waals surface area (Å²) in [5.74, 6) is -1.91. The van der Waals surface area contributed by atoms with Crippen molar-refractivity contribution in [3.05, 3.63) is 65.2 Å². The highest BCUT2D eigenvalue weighted by Gasteiger charge is 2.29. The first-order chi connectivity index (χ1) is 15.9. The van der Waals surface area contributed by atoms with Crippen molar-refractivity contribution in [2.75, 3.05) is 18.1 Å². The molecule has 3 rings (SSSR count). The SMILES string of the molecule is CCOC(=O)C(CCc1ccccc1)N[C@@H](C)C(=O)N(CC(=O)O)c1ccc2c(c1)CCC2. The Hall–Kier alpha value is -3.19. The molecule has 33 heavy (non-hydrogen) atoms. The number of carbonyl (C=O) groups is 3. The summed E-state index contributed by atoms with van der Waals surface area (Å²) in [5, 5.41) is 12.5. The maximum atomic E-state index is 13.3. The lowest BCUT2D eigenvalue weighted by Crippen LogP contribution is -2.52. The monoisotopic (exact) mass is 452 g/mol. The fourth-order valence-electron chi connectivity index (χ4n) is 4.23. The number of ether oxygens (including phenoxy) is 1. The van der Waals surface area contributed by atoms with Crippen LogP contribution < -0.4 is 10.2 Å². The van der Waals surface area contributed by atoms with Gasteiger partial charge >= 0.3 is 11.9 Å². The Morgan fingerprint density at radius 1 is 1.09 bits per heavy atom. The molecule has 1 aliphatic carbocycles. The Kier molecular flexibility index (Phi) is 8.60. The van der Waals surface area contributed by atoms with Gasteiger partial charge < -0.3 is 9.84 Å². The standard InChI is InChI=1S/C26H32N2O5/c1-3-33-26(32)23(15-12-19-8-5-4-6-9-19)27-18(2)25(31)28(17-24(29)30)22-14-13-20-10-7-11-21(20)16-22/h4-6,8-9,13-14,16,18,23,27H,3,7,10-12,15,17H2,1-2H3,(H,29,30)/t18-,23?/m0/s1. The molecule has 0 aromatic heterocycles. The number of anilines is 1. The minimum atomic E-state index is -1.10. The van der Waals surface area contributed by atoms with Crippen LogP contribution >= 0.6 is 0 Å². The lowest BCUT2D eigenvalue weighted by Gasteiger charge is -2.28. The van der Waals surface area contributed by atoms with E-state index in [-0.39, 0.29) is 6.61 Å². The maximum absolute atomic E-state index is 13.3. The molecule has 0 fully saturated rings. The third-order valence-corrected chi connectivity index (χ3v) is 5.91. The van der Waals surface area contributed by atoms with Crippen LogP contribution in [-0.4, -0.2) is 48.2 Å². The van der Waals surface area contributed by atoms with E-state index in [1.165, 1.54) is 10.5 Å². The second-order valence-corrected chi connectivity index (χ2v) is 8.34. The summed E-state index contributed by atoms with van der Waals surface area (Å²) >= 11 is 0. The summed E-state index contributed by atoms with van der Waals surface area (Å²) in [7, 11) is 0. The van der Waals surface area contributed by atoms with Gasteiger partial charge in [0.05, 0.1) is 12.6 Å². The number of fused-ring (bicyclic) bond motifs is 1. The van der Waals surface area contributed by atoms with E-state index < -0.39 is 36.5 Å². The fraction of sp³-hybridized carbons (Fsp3) is 0.423. The average Bonchev–Trinajstić information content (AvgIpc) is 3.28. The van der Waals surface area contributed by atoms with E-state index in [0.717, 1.165) is 30.4 Å². The van der Waals surface area contributed by atoms with E-state index in [0.29, 0.717) is 18.5 Å². The van der Waals surface area contributed by atoms with E-state index in [1.807, 2.05) is 42.5 Å². The Bertz CT molecular complexity index is 976. The van der Waals surface area contributed by atoms with Gasteiger partial charge in [-0.2, -0.15) is 0 Å². The third-order valence-electron chi connectivity index (χ3n) is 5.91. The zero-order valence-electron chi connectivity index (χ0n) is 19.3. The number of carboxylic acid groups (broad SMARTS) is 1. The molecule has 0 heterocycles. The summed E-state index contributed by atoms with van der Waals surface area (Å²) in [4.78, 5) is 38.7. The largest absolute Gasteiger partial charge is 0.480 e. The molecule has 1 unspecified atom stereocenters. The van der Waals surface area contributed by atoms with Gasteiger partial charge in [-0.15, -0.1) is 0 Å². The molecular weight excluding hydrogens is 420 g/mol. The number of amides is 1. The van der Waals surface area contributed by atoms with Gasteiger partial charge in [-0.3, -0.25) is 24.6 Å². The highest BCUT2D eigenvalue weighted by atomic mass is 16.5. The third kappa shape index (κ3) is 6.65. The second-order valence-electron chi connectivity index (χ2n) is 8.34. The topological polar surface area (TPSA) is 95.9 Å². The molecule has 1 aliphatic rings. The van der Waals surface area contributed by atoms with Crippen LogP contribution in [0.3, 0.4) is 0 Å². The van der Waals surface area contributed by atoms with Crippen molar-refractivity contribution in [2.24, 2.45) is 0 Å². The fourth-order valence-corrected chi connectivity index (χ4v) is 4.23. The number of hydrogen-bond acceptors (Lipinski definition) is 5. The first-order valence-electron chi connectivity index (χ1n) is 11.5. The van der Waals surface area contributed by atoms with E-state index in [9.17, 15) is 19.5 Å². The van der Waals surface area contributed by atoms with Crippen LogP contribution in [-0.2, 0) is 38.4 Å². The number of aryl methyl sites for hydroxylation is 3. The molecule has 2 aromatic carbocycles. The molecule has 2 aromatic rings. The molecular formula is C26H32N2O5. The highest BCUT2D eigenvalue weighted by molar-refractivity contribution is 6.00. The van der Waals surface area contributed by atoms with E-state index >= 15 is 0 Å². The van der Waals surface area contributed by atoms with Gasteiger partial charge in [0.2, 0.25) is 5.91 Å². The molecule has 0 spiro atoms. The normalized spacial score (nSPS) is 14.2. The summed E-state index contributed by atoms with van der Waals surface area (Å²) < 4.78 is 5.21. The number of carbonyl (C=O) groups excluding carboxylic acids is 2. The van der Waals surface area contributed by atoms with Crippen LogP contribution in [0.25, 0.3) is 0 Å². The highest BCUT2D eigenvalue weighted by Crippen LogP contribution is 2.27. The number of benzene rings is 2. The number of aliphatic carboxylic acids is 1. The van der Waals surface area contributed by atoms with Gasteiger partial charge in [0, 0.05) is 5.69 Å². The number of nitrogens with zero attached hydrogens (tertiary/aromatic N) is 1. The predicted molar refractivity (Wildman–Crippen MR) is 126 cm³/mol. The maximum Gasteiger partial charge on any atom is 0.323 e. The summed E-state index contributed by atoms with van der Waals surface area (Å²) in [6.45, 7) is 3.19. The molecule has 0 saturated heterocycles. The molecule has 176 valence electrons. The first kappa shape index (κ1) is 24.5. The number of hydrogen-bond donors (Lipinski definition) is 2. The van der Waals surface area contributed by atoms with Crippen molar-refractivity contribution in [3.8, 4) is 0 Å². The summed E-state index contributed by atoms with van der Waals surface area (Å²) in [6.07, 6.45) is 4.09. The predicted octanol–water partition coefficient (Wildman–Crippen LogP) is 3.14. The van der Waals surface area contributed by atoms with Crippen molar-refractivity contribution >= 4 is 23.5 Å². The van der Waals surface area contributed by atoms with E-state index in [1.54, 1.807) is 19.9 Å². The van der Waals surface area contributed by atoms with Crippen molar-refractivity contribution in [1.82, 2.24) is 5.32 Å². The molecule has 0 bridgehead atoms. The zero-order chi connectivity index (χ0) is 23.8. The van der Waals surface area contributed by atoms with Crippen LogP contribution in [0.5, 0.6) is 0 Å². The Labute approximate surface area is 194 Å². The van der Waals surface area contributed by atoms with Crippen molar-refractivity contribution in [2.45, 2.75) is 58.0 Å². The van der Waals surface area contributed by atoms with E-state index in [2.05, 4.69) is 5.32 Å². The average molecular weight is 453 g/mol. The molecule has 1 amide bonds. The van der Waals surface area contributed by atoms with E-state index in [4.69, 9.17) is 4.74 Å². The Morgan fingerprint density at radius 3 is 2.52 bits per heavy atom. The van der Waals surface area contributed by atoms with Gasteiger partial charge in [0.25, 0.3) is 0 Å². The van der Waals surface area contributed by atoms with Crippen LogP contribution in [0.1, 0.15) is 43.4 Å². The number of rotatable bonds is 11. The molecule has 7 nitrogen and oxygen atoms in total. The zero-order valence-corrected chi connectivity index (χ0v) is 19.3. The van der Waals surface area contributed by atoms with Crippen molar-refractivity contribution < 1.29 is 24.2 Å². The first-order valence-corrected chi connectivity index (χ1v) is 11.5. The molecule has 2 atom stereocenters. The van der Waals surface area contributed by atoms with Gasteiger partial charge in [0.1, 0.15) is 12.6 Å². The van der Waals surface area contributed by atoms with Crippen LogP contribution in [0, 0.1) is 0 Å². The Balaban J connectivity index is 1.74. The number of esters is 1. The second kappa shape index (κ2) is 11.6. The van der Waals surface area contributed by atoms with Crippen molar-refractivity contribution in [1.29, 1.82) is 0 Å². The van der Waals surface area contributed by atoms with Gasteiger partial charge in [-0.1, -0.05) is 36.4 Å². The summed E-state index contributed by atoms with van der Waals surface area (Å²) in [5.41, 5.74) is 4.05. The van der Waals surface area contributed by atoms with Crippen LogP contribution in [0.2, 0.25) is 0 Å². The lowest BCUT2D eigenvalue weighted by atomic mass is 10.0. The Morgan fingerprint density at radius 2 is 1.82 bits per heavy atom. The molecule has 0 radical (unpaired) electrons. The van der Waals surface area contributed by atoms with Crippen LogP contribution in [0.4, 0.5) is 5.69 Å². The molecule has 2 N–H and O–H groups in total. The molecule has 0 aliphatic heterocycles. The minimum absolute atomic E-state index is 0.241. The lowest BCUT2D eigenvalue weighted by molar-refractivity contribution is -0.146. The molecule has 0 saturated carbocycles.